The lowest BCUT2D eigenvalue weighted by Crippen LogP contribution is -2.25. The van der Waals surface area contributed by atoms with Gasteiger partial charge in [0.25, 0.3) is 0 Å². The van der Waals surface area contributed by atoms with Gasteiger partial charge in [0.2, 0.25) is 0 Å². The molecule has 2 fully saturated rings. The number of carbonyl (C=O) groups is 2. The van der Waals surface area contributed by atoms with Crippen molar-refractivity contribution in [2.75, 3.05) is 0 Å². The monoisotopic (exact) mass is 406 g/mol. The summed E-state index contributed by atoms with van der Waals surface area (Å²) < 4.78 is 11.2. The van der Waals surface area contributed by atoms with Crippen LogP contribution in [0.5, 0.6) is 0 Å². The lowest BCUT2D eigenvalue weighted by atomic mass is 9.91. The van der Waals surface area contributed by atoms with Gasteiger partial charge in [0.05, 0.1) is 18.1 Å². The fraction of sp³-hybridized carbons (Fsp3) is 0.360. The van der Waals surface area contributed by atoms with E-state index < -0.39 is 6.10 Å². The zero-order valence-corrected chi connectivity index (χ0v) is 16.7. The largest absolute Gasteiger partial charge is 0.462 e. The van der Waals surface area contributed by atoms with Gasteiger partial charge in [-0.3, -0.25) is 4.79 Å². The van der Waals surface area contributed by atoms with Gasteiger partial charge in [-0.2, -0.15) is 0 Å². The number of carbonyl (C=O) groups excluding carboxylic acids is 2. The lowest BCUT2D eigenvalue weighted by molar-refractivity contribution is -0.141. The van der Waals surface area contributed by atoms with E-state index in [0.717, 1.165) is 6.42 Å². The summed E-state index contributed by atoms with van der Waals surface area (Å²) in [6, 6.07) is 18.9. The highest BCUT2D eigenvalue weighted by Crippen LogP contribution is 2.43. The van der Waals surface area contributed by atoms with Crippen molar-refractivity contribution < 1.29 is 24.2 Å². The van der Waals surface area contributed by atoms with Crippen LogP contribution in [0, 0.1) is 11.8 Å². The molecule has 0 bridgehead atoms. The van der Waals surface area contributed by atoms with Crippen LogP contribution in [0.4, 0.5) is 0 Å². The van der Waals surface area contributed by atoms with Crippen molar-refractivity contribution in [3.05, 3.63) is 83.9 Å². The van der Waals surface area contributed by atoms with Gasteiger partial charge in [-0.1, -0.05) is 60.7 Å². The minimum atomic E-state index is -0.604. The zero-order valence-electron chi connectivity index (χ0n) is 16.7. The molecule has 0 radical (unpaired) electrons. The van der Waals surface area contributed by atoms with Crippen molar-refractivity contribution in [2.45, 2.75) is 44.0 Å². The number of hydrogen-bond donors (Lipinski definition) is 1. The molecule has 5 atom stereocenters. The predicted molar refractivity (Wildman–Crippen MR) is 112 cm³/mol. The van der Waals surface area contributed by atoms with Crippen molar-refractivity contribution in [3.63, 3.8) is 0 Å². The minimum absolute atomic E-state index is 0.0244. The number of aryl methyl sites for hydroxylation is 1. The van der Waals surface area contributed by atoms with Crippen LogP contribution >= 0.6 is 0 Å². The van der Waals surface area contributed by atoms with Gasteiger partial charge in [0.1, 0.15) is 12.2 Å². The first-order valence-electron chi connectivity index (χ1n) is 10.5. The third kappa shape index (κ3) is 4.79. The van der Waals surface area contributed by atoms with E-state index in [1.807, 2.05) is 42.5 Å². The molecule has 1 saturated carbocycles. The maximum Gasteiger partial charge on any atom is 0.338 e. The standard InChI is InChI=1S/C25H26O5/c26-19(12-11-17-7-3-1-4-8-17)13-14-20-21-15-24(27)29-23(21)16-22(20)30-25(28)18-9-5-2-6-10-18/h1-10,13-14,19-23,26H,11-12,15-16H2/t19?,20-,21?,22?,23?/m1/s1. The number of aliphatic hydroxyl groups excluding tert-OH is 1. The van der Waals surface area contributed by atoms with E-state index in [-0.39, 0.29) is 36.0 Å². The summed E-state index contributed by atoms with van der Waals surface area (Å²) in [5, 5.41) is 10.4. The van der Waals surface area contributed by atoms with Crippen LogP contribution in [-0.4, -0.2) is 35.4 Å². The van der Waals surface area contributed by atoms with E-state index in [2.05, 4.69) is 0 Å². The molecule has 156 valence electrons. The fourth-order valence-corrected chi connectivity index (χ4v) is 4.38. The molecule has 1 aliphatic carbocycles. The molecule has 1 saturated heterocycles. The molecule has 30 heavy (non-hydrogen) atoms. The summed E-state index contributed by atoms with van der Waals surface area (Å²) in [6.45, 7) is 0. The first-order valence-corrected chi connectivity index (χ1v) is 10.5. The second-order valence-electron chi connectivity index (χ2n) is 8.00. The average Bonchev–Trinajstić information content (AvgIpc) is 3.27. The van der Waals surface area contributed by atoms with E-state index in [0.29, 0.717) is 24.8 Å². The van der Waals surface area contributed by atoms with Gasteiger partial charge in [-0.15, -0.1) is 0 Å². The van der Waals surface area contributed by atoms with Crippen LogP contribution in [0.3, 0.4) is 0 Å². The maximum absolute atomic E-state index is 12.5. The number of fused-ring (bicyclic) bond motifs is 1. The average molecular weight is 406 g/mol. The fourth-order valence-electron chi connectivity index (χ4n) is 4.38. The third-order valence-corrected chi connectivity index (χ3v) is 5.95. The van der Waals surface area contributed by atoms with Crippen LogP contribution in [0.1, 0.15) is 35.2 Å². The Morgan fingerprint density at radius 3 is 2.57 bits per heavy atom. The topological polar surface area (TPSA) is 72.8 Å². The van der Waals surface area contributed by atoms with Crippen LogP contribution in [0.15, 0.2) is 72.8 Å². The summed E-state index contributed by atoms with van der Waals surface area (Å²) in [6.07, 6.45) is 4.65. The molecule has 1 N–H and O–H groups in total. The van der Waals surface area contributed by atoms with Crippen LogP contribution in [-0.2, 0) is 20.7 Å². The molecular formula is C25H26O5. The molecule has 4 unspecified atom stereocenters. The Morgan fingerprint density at radius 1 is 1.13 bits per heavy atom. The molecule has 0 spiro atoms. The van der Waals surface area contributed by atoms with Gasteiger partial charge in [-0.05, 0) is 30.5 Å². The van der Waals surface area contributed by atoms with Gasteiger partial charge in [-0.25, -0.2) is 4.79 Å². The molecule has 5 nitrogen and oxygen atoms in total. The van der Waals surface area contributed by atoms with Crippen LogP contribution in [0.2, 0.25) is 0 Å². The smallest absolute Gasteiger partial charge is 0.338 e. The first-order chi connectivity index (χ1) is 14.6. The quantitative estimate of drug-likeness (QED) is 0.561. The molecule has 4 rings (SSSR count). The Kier molecular flexibility index (Phi) is 6.29. The van der Waals surface area contributed by atoms with Crippen molar-refractivity contribution in [3.8, 4) is 0 Å². The molecule has 0 amide bonds. The van der Waals surface area contributed by atoms with Crippen molar-refractivity contribution in [1.29, 1.82) is 0 Å². The van der Waals surface area contributed by atoms with E-state index in [4.69, 9.17) is 9.47 Å². The second kappa shape index (κ2) is 9.26. The number of ether oxygens (including phenoxy) is 2. The Morgan fingerprint density at radius 2 is 1.83 bits per heavy atom. The van der Waals surface area contributed by atoms with E-state index in [9.17, 15) is 14.7 Å². The molecule has 1 aliphatic heterocycles. The summed E-state index contributed by atoms with van der Waals surface area (Å²) in [7, 11) is 0. The summed E-state index contributed by atoms with van der Waals surface area (Å²) >= 11 is 0. The number of benzene rings is 2. The van der Waals surface area contributed by atoms with Crippen LogP contribution < -0.4 is 0 Å². The number of esters is 2. The predicted octanol–water partition coefficient (Wildman–Crippen LogP) is 3.71. The zero-order chi connectivity index (χ0) is 20.9. The van der Waals surface area contributed by atoms with E-state index >= 15 is 0 Å². The molecule has 0 aromatic heterocycles. The lowest BCUT2D eigenvalue weighted by Gasteiger charge is -2.20. The Bertz CT molecular complexity index is 892. The molecule has 2 aromatic carbocycles. The molecule has 1 heterocycles. The van der Waals surface area contributed by atoms with E-state index in [1.54, 1.807) is 30.3 Å². The second-order valence-corrected chi connectivity index (χ2v) is 8.00. The first kappa shape index (κ1) is 20.4. The normalized spacial score (nSPS) is 26.4. The van der Waals surface area contributed by atoms with E-state index in [1.165, 1.54) is 5.56 Å². The van der Waals surface area contributed by atoms with Crippen molar-refractivity contribution >= 4 is 11.9 Å². The number of hydrogen-bond acceptors (Lipinski definition) is 5. The van der Waals surface area contributed by atoms with Gasteiger partial charge in [0.15, 0.2) is 0 Å². The number of aliphatic hydroxyl groups is 1. The highest BCUT2D eigenvalue weighted by atomic mass is 16.6. The molecule has 2 aromatic rings. The summed E-state index contributed by atoms with van der Waals surface area (Å²) in [5.74, 6) is -0.764. The number of rotatable bonds is 7. The summed E-state index contributed by atoms with van der Waals surface area (Å²) in [4.78, 5) is 24.3. The Hall–Kier alpha value is -2.92. The van der Waals surface area contributed by atoms with Gasteiger partial charge in [0, 0.05) is 18.3 Å². The molecular weight excluding hydrogens is 380 g/mol. The van der Waals surface area contributed by atoms with Gasteiger partial charge < -0.3 is 14.6 Å². The molecule has 2 aliphatic rings. The highest BCUT2D eigenvalue weighted by Gasteiger charge is 2.50. The van der Waals surface area contributed by atoms with Crippen molar-refractivity contribution in [2.24, 2.45) is 11.8 Å². The van der Waals surface area contributed by atoms with Crippen molar-refractivity contribution in [1.82, 2.24) is 0 Å². The Labute approximate surface area is 176 Å². The minimum Gasteiger partial charge on any atom is -0.462 e. The molecule has 5 heteroatoms. The Balaban J connectivity index is 1.41. The van der Waals surface area contributed by atoms with Gasteiger partial charge >= 0.3 is 11.9 Å². The maximum atomic E-state index is 12.5. The third-order valence-electron chi connectivity index (χ3n) is 5.95. The van der Waals surface area contributed by atoms with Crippen LogP contribution in [0.25, 0.3) is 0 Å². The SMILES string of the molecule is O=C1CC2C(CC(OC(=O)c3ccccc3)[C@@H]2C=CC(O)CCc2ccccc2)O1. The summed E-state index contributed by atoms with van der Waals surface area (Å²) in [5.41, 5.74) is 1.67. The highest BCUT2D eigenvalue weighted by molar-refractivity contribution is 5.89.